The minimum Gasteiger partial charge on any atom is -0.355 e. The van der Waals surface area contributed by atoms with Crippen molar-refractivity contribution >= 4 is 44.8 Å². The molecule has 0 aliphatic carbocycles. The zero-order valence-electron chi connectivity index (χ0n) is 19.8. The van der Waals surface area contributed by atoms with Gasteiger partial charge in [0.1, 0.15) is 5.15 Å². The number of nitrogens with one attached hydrogen (secondary N) is 2. The van der Waals surface area contributed by atoms with Gasteiger partial charge in [0.15, 0.2) is 15.7 Å². The third-order valence-electron chi connectivity index (χ3n) is 5.41. The van der Waals surface area contributed by atoms with Crippen molar-refractivity contribution in [3.63, 3.8) is 0 Å². The largest absolute Gasteiger partial charge is 0.355 e. The van der Waals surface area contributed by atoms with Crippen molar-refractivity contribution in [2.75, 3.05) is 29.6 Å². The summed E-state index contributed by atoms with van der Waals surface area (Å²) in [6.45, 7) is 7.12. The second-order valence-electron chi connectivity index (χ2n) is 9.57. The molecule has 9 nitrogen and oxygen atoms in total. The quantitative estimate of drug-likeness (QED) is 0.575. The van der Waals surface area contributed by atoms with Crippen LogP contribution in [0.1, 0.15) is 50.4 Å². The highest BCUT2D eigenvalue weighted by Crippen LogP contribution is 2.31. The second kappa shape index (κ2) is 10.3. The summed E-state index contributed by atoms with van der Waals surface area (Å²) in [6, 6.07) is 4.36. The van der Waals surface area contributed by atoms with Crippen LogP contribution in [0.25, 0.3) is 0 Å². The van der Waals surface area contributed by atoms with Gasteiger partial charge in [0.25, 0.3) is 5.91 Å². The van der Waals surface area contributed by atoms with Crippen LogP contribution in [-0.4, -0.2) is 55.1 Å². The lowest BCUT2D eigenvalue weighted by atomic mass is 9.92. The lowest BCUT2D eigenvalue weighted by Gasteiger charge is -2.34. The van der Waals surface area contributed by atoms with Crippen molar-refractivity contribution < 1.29 is 18.0 Å². The van der Waals surface area contributed by atoms with Gasteiger partial charge in [-0.15, -0.1) is 0 Å². The second-order valence-corrected chi connectivity index (χ2v) is 12.0. The van der Waals surface area contributed by atoms with E-state index in [9.17, 15) is 18.0 Å². The monoisotopic (exact) mass is 507 g/mol. The van der Waals surface area contributed by atoms with Gasteiger partial charge >= 0.3 is 0 Å². The molecule has 0 atom stereocenters. The Balaban J connectivity index is 1.77. The Morgan fingerprint density at radius 2 is 1.85 bits per heavy atom. The van der Waals surface area contributed by atoms with E-state index >= 15 is 0 Å². The minimum atomic E-state index is -3.53. The number of halogens is 1. The fourth-order valence-corrected chi connectivity index (χ4v) is 4.55. The van der Waals surface area contributed by atoms with Crippen molar-refractivity contribution in [1.29, 1.82) is 0 Å². The van der Waals surface area contributed by atoms with Gasteiger partial charge in [0.05, 0.1) is 10.6 Å². The van der Waals surface area contributed by atoms with Gasteiger partial charge in [-0.3, -0.25) is 9.59 Å². The number of sulfone groups is 1. The van der Waals surface area contributed by atoms with Crippen molar-refractivity contribution in [3.8, 4) is 0 Å². The number of carbonyl (C=O) groups excluding carboxylic acids is 2. The first-order valence-corrected chi connectivity index (χ1v) is 13.3. The van der Waals surface area contributed by atoms with Gasteiger partial charge in [-0.2, -0.15) is 0 Å². The minimum absolute atomic E-state index is 0.00745. The zero-order valence-corrected chi connectivity index (χ0v) is 21.3. The average Bonchev–Trinajstić information content (AvgIpc) is 2.72. The van der Waals surface area contributed by atoms with Crippen LogP contribution in [-0.2, 0) is 14.6 Å². The van der Waals surface area contributed by atoms with Crippen LogP contribution in [0.4, 0.5) is 11.5 Å². The number of pyridine rings is 2. The van der Waals surface area contributed by atoms with E-state index in [4.69, 9.17) is 11.6 Å². The standard InChI is InChI=1S/C23H30ClN5O4S/c1-23(2,3)28-20(30)11-15-6-9-29(10-7-15)21-18(13-17(14-26-21)34(4,32)33)27-22(31)16-5-8-25-19(24)12-16/h5,8,12-15H,6-7,9-11H2,1-4H3,(H,27,31)(H,28,30). The van der Waals surface area contributed by atoms with Crippen LogP contribution in [0.2, 0.25) is 5.15 Å². The number of aromatic nitrogens is 2. The summed E-state index contributed by atoms with van der Waals surface area (Å²) in [5, 5.41) is 5.95. The van der Waals surface area contributed by atoms with Crippen LogP contribution in [0, 0.1) is 5.92 Å². The number of amides is 2. The normalized spacial score (nSPS) is 15.1. The molecule has 2 aromatic heterocycles. The molecule has 3 rings (SSSR count). The Labute approximate surface area is 205 Å². The van der Waals surface area contributed by atoms with Crippen LogP contribution >= 0.6 is 11.6 Å². The predicted octanol–water partition coefficient (Wildman–Crippen LogP) is 3.31. The first kappa shape index (κ1) is 25.9. The molecule has 1 saturated heterocycles. The van der Waals surface area contributed by atoms with E-state index in [-0.39, 0.29) is 27.4 Å². The van der Waals surface area contributed by atoms with E-state index in [1.807, 2.05) is 25.7 Å². The predicted molar refractivity (Wildman–Crippen MR) is 132 cm³/mol. The van der Waals surface area contributed by atoms with Gasteiger partial charge in [0, 0.05) is 49.3 Å². The molecule has 11 heteroatoms. The number of rotatable bonds is 6. The first-order chi connectivity index (χ1) is 15.8. The molecule has 0 saturated carbocycles. The molecule has 0 aromatic carbocycles. The van der Waals surface area contributed by atoms with Crippen molar-refractivity contribution in [2.45, 2.75) is 50.5 Å². The maximum atomic E-state index is 12.8. The van der Waals surface area contributed by atoms with Crippen LogP contribution in [0.15, 0.2) is 35.5 Å². The molecule has 1 fully saturated rings. The molecule has 0 spiro atoms. The molecule has 34 heavy (non-hydrogen) atoms. The average molecular weight is 508 g/mol. The molecule has 2 aromatic rings. The summed E-state index contributed by atoms with van der Waals surface area (Å²) in [4.78, 5) is 35.4. The lowest BCUT2D eigenvalue weighted by molar-refractivity contribution is -0.123. The Morgan fingerprint density at radius 1 is 1.18 bits per heavy atom. The third kappa shape index (κ3) is 7.14. The van der Waals surface area contributed by atoms with Crippen LogP contribution in [0.3, 0.4) is 0 Å². The van der Waals surface area contributed by atoms with E-state index in [0.717, 1.165) is 19.1 Å². The molecule has 3 heterocycles. The molecule has 0 radical (unpaired) electrons. The van der Waals surface area contributed by atoms with E-state index in [1.165, 1.54) is 30.6 Å². The number of piperidine rings is 1. The number of carbonyl (C=O) groups is 2. The number of anilines is 2. The molecular weight excluding hydrogens is 478 g/mol. The number of hydrogen-bond acceptors (Lipinski definition) is 7. The van der Waals surface area contributed by atoms with Gasteiger partial charge in [-0.05, 0) is 57.7 Å². The summed E-state index contributed by atoms with van der Waals surface area (Å²) < 4.78 is 24.2. The van der Waals surface area contributed by atoms with E-state index in [1.54, 1.807) is 0 Å². The van der Waals surface area contributed by atoms with Gasteiger partial charge < -0.3 is 15.5 Å². The Hall–Kier alpha value is -2.72. The summed E-state index contributed by atoms with van der Waals surface area (Å²) in [6.07, 6.45) is 5.82. The molecule has 184 valence electrons. The summed E-state index contributed by atoms with van der Waals surface area (Å²) >= 11 is 5.90. The summed E-state index contributed by atoms with van der Waals surface area (Å²) in [5.41, 5.74) is 0.318. The van der Waals surface area contributed by atoms with Crippen LogP contribution < -0.4 is 15.5 Å². The SMILES string of the molecule is CC(C)(C)NC(=O)CC1CCN(c2ncc(S(C)(=O)=O)cc2NC(=O)c2ccnc(Cl)c2)CC1. The fraction of sp³-hybridized carbons (Fsp3) is 0.478. The molecular formula is C23H30ClN5O4S. The highest BCUT2D eigenvalue weighted by Gasteiger charge is 2.26. The van der Waals surface area contributed by atoms with Crippen LogP contribution in [0.5, 0.6) is 0 Å². The third-order valence-corrected chi connectivity index (χ3v) is 6.70. The van der Waals surface area contributed by atoms with Crippen molar-refractivity contribution in [3.05, 3.63) is 41.3 Å². The molecule has 0 bridgehead atoms. The smallest absolute Gasteiger partial charge is 0.255 e. The van der Waals surface area contributed by atoms with Gasteiger partial charge in [-0.1, -0.05) is 11.6 Å². The topological polar surface area (TPSA) is 121 Å². The molecule has 1 aliphatic rings. The fourth-order valence-electron chi connectivity index (χ4n) is 3.80. The lowest BCUT2D eigenvalue weighted by Crippen LogP contribution is -2.42. The van der Waals surface area contributed by atoms with E-state index < -0.39 is 15.7 Å². The van der Waals surface area contributed by atoms with E-state index in [2.05, 4.69) is 20.6 Å². The maximum Gasteiger partial charge on any atom is 0.255 e. The summed E-state index contributed by atoms with van der Waals surface area (Å²) in [5.74, 6) is 0.307. The number of nitrogens with zero attached hydrogens (tertiary/aromatic N) is 3. The van der Waals surface area contributed by atoms with Gasteiger partial charge in [0.2, 0.25) is 5.91 Å². The summed E-state index contributed by atoms with van der Waals surface area (Å²) in [7, 11) is -3.53. The molecule has 0 unspecified atom stereocenters. The van der Waals surface area contributed by atoms with Crippen molar-refractivity contribution in [1.82, 2.24) is 15.3 Å². The Bertz CT molecular complexity index is 1170. The molecule has 2 N–H and O–H groups in total. The number of hydrogen-bond donors (Lipinski definition) is 2. The highest BCUT2D eigenvalue weighted by molar-refractivity contribution is 7.90. The molecule has 1 aliphatic heterocycles. The molecule has 2 amide bonds. The van der Waals surface area contributed by atoms with Crippen molar-refractivity contribution in [2.24, 2.45) is 5.92 Å². The highest BCUT2D eigenvalue weighted by atomic mass is 35.5. The Kier molecular flexibility index (Phi) is 7.82. The van der Waals surface area contributed by atoms with E-state index in [0.29, 0.717) is 36.6 Å². The maximum absolute atomic E-state index is 12.8. The Morgan fingerprint density at radius 3 is 2.44 bits per heavy atom. The first-order valence-electron chi connectivity index (χ1n) is 11.0. The zero-order chi connectivity index (χ0) is 25.1. The van der Waals surface area contributed by atoms with Gasteiger partial charge in [-0.25, -0.2) is 18.4 Å².